The molecule has 2 N–H and O–H groups in total. The number of anilines is 1. The lowest BCUT2D eigenvalue weighted by atomic mass is 9.99. The molecule has 1 rings (SSSR count). The summed E-state index contributed by atoms with van der Waals surface area (Å²) in [6.45, 7) is 4.38. The molecular formula is C13H21NO2. The Balaban J connectivity index is 2.77. The average Bonchev–Trinajstić information content (AvgIpc) is 2.35. The zero-order valence-corrected chi connectivity index (χ0v) is 10.2. The van der Waals surface area contributed by atoms with E-state index in [1.165, 1.54) is 0 Å². The third kappa shape index (κ3) is 3.14. The molecule has 0 amide bonds. The minimum absolute atomic E-state index is 0.0706. The highest BCUT2D eigenvalue weighted by molar-refractivity contribution is 5.56. The van der Waals surface area contributed by atoms with Crippen molar-refractivity contribution in [2.24, 2.45) is 5.92 Å². The number of methoxy groups -OCH3 is 1. The fourth-order valence-corrected chi connectivity index (χ4v) is 1.62. The van der Waals surface area contributed by atoms with Gasteiger partial charge >= 0.3 is 0 Å². The van der Waals surface area contributed by atoms with Crippen molar-refractivity contribution < 1.29 is 9.84 Å². The van der Waals surface area contributed by atoms with E-state index in [1.54, 1.807) is 7.11 Å². The molecule has 0 aromatic heterocycles. The number of benzene rings is 1. The van der Waals surface area contributed by atoms with Crippen molar-refractivity contribution in [3.05, 3.63) is 24.3 Å². The quantitative estimate of drug-likeness (QED) is 0.778. The summed E-state index contributed by atoms with van der Waals surface area (Å²) in [6, 6.07) is 7.83. The van der Waals surface area contributed by atoms with Crippen molar-refractivity contribution in [1.82, 2.24) is 0 Å². The van der Waals surface area contributed by atoms with Gasteiger partial charge in [0.25, 0.3) is 0 Å². The number of ether oxygens (including phenoxy) is 1. The summed E-state index contributed by atoms with van der Waals surface area (Å²) in [4.78, 5) is 0. The normalized spacial score (nSPS) is 14.2. The SMILES string of the molecule is CCC(C)C(CO)Nc1ccccc1OC. The lowest BCUT2D eigenvalue weighted by Crippen LogP contribution is -2.30. The number of rotatable bonds is 6. The molecule has 3 nitrogen and oxygen atoms in total. The van der Waals surface area contributed by atoms with Gasteiger partial charge in [-0.15, -0.1) is 0 Å². The van der Waals surface area contributed by atoms with E-state index in [2.05, 4.69) is 19.2 Å². The van der Waals surface area contributed by atoms with Crippen LogP contribution in [0.25, 0.3) is 0 Å². The van der Waals surface area contributed by atoms with Crippen molar-refractivity contribution in [2.75, 3.05) is 19.0 Å². The molecular weight excluding hydrogens is 202 g/mol. The first-order chi connectivity index (χ1) is 7.72. The van der Waals surface area contributed by atoms with E-state index in [0.717, 1.165) is 17.9 Å². The van der Waals surface area contributed by atoms with Gasteiger partial charge in [-0.05, 0) is 18.1 Å². The van der Waals surface area contributed by atoms with Gasteiger partial charge in [-0.25, -0.2) is 0 Å². The van der Waals surface area contributed by atoms with Crippen LogP contribution in [0.5, 0.6) is 5.75 Å². The highest BCUT2D eigenvalue weighted by atomic mass is 16.5. The second kappa shape index (κ2) is 6.38. The molecule has 0 heterocycles. The number of hydrogen-bond acceptors (Lipinski definition) is 3. The molecule has 0 radical (unpaired) electrons. The number of aliphatic hydroxyl groups is 1. The van der Waals surface area contributed by atoms with Gasteiger partial charge in [0.05, 0.1) is 25.4 Å². The summed E-state index contributed by atoms with van der Waals surface area (Å²) in [5, 5.41) is 12.7. The average molecular weight is 223 g/mol. The fraction of sp³-hybridized carbons (Fsp3) is 0.538. The lowest BCUT2D eigenvalue weighted by molar-refractivity contribution is 0.241. The molecule has 0 spiro atoms. The molecule has 1 aromatic rings. The van der Waals surface area contributed by atoms with E-state index in [-0.39, 0.29) is 12.6 Å². The van der Waals surface area contributed by atoms with Crippen molar-refractivity contribution in [3.8, 4) is 5.75 Å². The minimum atomic E-state index is 0.0706. The van der Waals surface area contributed by atoms with Gasteiger partial charge < -0.3 is 15.2 Å². The first-order valence-corrected chi connectivity index (χ1v) is 5.73. The van der Waals surface area contributed by atoms with Gasteiger partial charge in [0.15, 0.2) is 0 Å². The maximum absolute atomic E-state index is 9.35. The van der Waals surface area contributed by atoms with Crippen LogP contribution in [0.2, 0.25) is 0 Å². The Morgan fingerprint density at radius 3 is 2.62 bits per heavy atom. The fourth-order valence-electron chi connectivity index (χ4n) is 1.62. The number of hydrogen-bond donors (Lipinski definition) is 2. The standard InChI is InChI=1S/C13H21NO2/c1-4-10(2)12(9-15)14-11-7-5-6-8-13(11)16-3/h5-8,10,12,14-15H,4,9H2,1-3H3. The van der Waals surface area contributed by atoms with Crippen LogP contribution in [-0.2, 0) is 0 Å². The molecule has 0 bridgehead atoms. The Morgan fingerprint density at radius 2 is 2.06 bits per heavy atom. The van der Waals surface area contributed by atoms with Crippen molar-refractivity contribution >= 4 is 5.69 Å². The maximum Gasteiger partial charge on any atom is 0.141 e. The molecule has 0 aliphatic heterocycles. The maximum atomic E-state index is 9.35. The second-order valence-electron chi connectivity index (χ2n) is 4.02. The minimum Gasteiger partial charge on any atom is -0.495 e. The summed E-state index contributed by atoms with van der Waals surface area (Å²) < 4.78 is 5.26. The van der Waals surface area contributed by atoms with Crippen molar-refractivity contribution in [1.29, 1.82) is 0 Å². The van der Waals surface area contributed by atoms with E-state index in [4.69, 9.17) is 4.74 Å². The van der Waals surface area contributed by atoms with E-state index < -0.39 is 0 Å². The van der Waals surface area contributed by atoms with Gasteiger partial charge in [-0.1, -0.05) is 32.4 Å². The Morgan fingerprint density at radius 1 is 1.38 bits per heavy atom. The van der Waals surface area contributed by atoms with Crippen LogP contribution in [0.15, 0.2) is 24.3 Å². The van der Waals surface area contributed by atoms with E-state index >= 15 is 0 Å². The van der Waals surface area contributed by atoms with Crippen LogP contribution >= 0.6 is 0 Å². The second-order valence-corrected chi connectivity index (χ2v) is 4.02. The van der Waals surface area contributed by atoms with Crippen molar-refractivity contribution in [2.45, 2.75) is 26.3 Å². The third-order valence-corrected chi connectivity index (χ3v) is 2.98. The predicted octanol–water partition coefficient (Wildman–Crippen LogP) is 2.51. The van der Waals surface area contributed by atoms with Gasteiger partial charge in [0.1, 0.15) is 5.75 Å². The largest absolute Gasteiger partial charge is 0.495 e. The van der Waals surface area contributed by atoms with E-state index in [0.29, 0.717) is 5.92 Å². The van der Waals surface area contributed by atoms with Gasteiger partial charge in [0, 0.05) is 0 Å². The van der Waals surface area contributed by atoms with Crippen molar-refractivity contribution in [3.63, 3.8) is 0 Å². The first-order valence-electron chi connectivity index (χ1n) is 5.73. The Kier molecular flexibility index (Phi) is 5.12. The smallest absolute Gasteiger partial charge is 0.141 e. The molecule has 16 heavy (non-hydrogen) atoms. The van der Waals surface area contributed by atoms with Gasteiger partial charge in [-0.3, -0.25) is 0 Å². The highest BCUT2D eigenvalue weighted by Gasteiger charge is 2.15. The van der Waals surface area contributed by atoms with Gasteiger partial charge in [-0.2, -0.15) is 0 Å². The van der Waals surface area contributed by atoms with Crippen LogP contribution in [0, 0.1) is 5.92 Å². The predicted molar refractivity (Wildman–Crippen MR) is 66.9 cm³/mol. The first kappa shape index (κ1) is 12.8. The molecule has 0 aliphatic carbocycles. The topological polar surface area (TPSA) is 41.5 Å². The Labute approximate surface area is 97.4 Å². The van der Waals surface area contributed by atoms with Crippen LogP contribution in [0.3, 0.4) is 0 Å². The molecule has 0 fully saturated rings. The Hall–Kier alpha value is -1.22. The molecule has 0 saturated carbocycles. The summed E-state index contributed by atoms with van der Waals surface area (Å²) >= 11 is 0. The summed E-state index contributed by atoms with van der Waals surface area (Å²) in [5.41, 5.74) is 0.935. The molecule has 90 valence electrons. The summed E-state index contributed by atoms with van der Waals surface area (Å²) in [5.74, 6) is 1.24. The molecule has 0 saturated heterocycles. The summed E-state index contributed by atoms with van der Waals surface area (Å²) in [6.07, 6.45) is 1.04. The zero-order chi connectivity index (χ0) is 12.0. The van der Waals surface area contributed by atoms with Gasteiger partial charge in [0.2, 0.25) is 0 Å². The molecule has 0 aliphatic rings. The highest BCUT2D eigenvalue weighted by Crippen LogP contribution is 2.25. The molecule has 2 unspecified atom stereocenters. The van der Waals surface area contributed by atoms with Crippen LogP contribution in [0.1, 0.15) is 20.3 Å². The lowest BCUT2D eigenvalue weighted by Gasteiger charge is -2.24. The Bertz CT molecular complexity index is 315. The monoisotopic (exact) mass is 223 g/mol. The molecule has 1 aromatic carbocycles. The van der Waals surface area contributed by atoms with Crippen LogP contribution in [0.4, 0.5) is 5.69 Å². The van der Waals surface area contributed by atoms with Crippen LogP contribution < -0.4 is 10.1 Å². The van der Waals surface area contributed by atoms with E-state index in [1.807, 2.05) is 24.3 Å². The number of nitrogens with one attached hydrogen (secondary N) is 1. The third-order valence-electron chi connectivity index (χ3n) is 2.98. The zero-order valence-electron chi connectivity index (χ0n) is 10.2. The summed E-state index contributed by atoms with van der Waals surface area (Å²) in [7, 11) is 1.65. The number of aliphatic hydroxyl groups excluding tert-OH is 1. The molecule has 2 atom stereocenters. The van der Waals surface area contributed by atoms with Crippen LogP contribution in [-0.4, -0.2) is 24.9 Å². The number of para-hydroxylation sites is 2. The molecule has 3 heteroatoms. The van der Waals surface area contributed by atoms with E-state index in [9.17, 15) is 5.11 Å².